The lowest BCUT2D eigenvalue weighted by Gasteiger charge is -2.27. The molecular weight excluding hydrogens is 515 g/mol. The Bertz CT molecular complexity index is 1030. The Balaban J connectivity index is 1.56. The first-order valence-electron chi connectivity index (χ1n) is 14.3. The van der Waals surface area contributed by atoms with Crippen LogP contribution in [0.15, 0.2) is 35.0 Å². The van der Waals surface area contributed by atoms with Crippen molar-refractivity contribution in [2.75, 3.05) is 0 Å². The van der Waals surface area contributed by atoms with E-state index in [1.54, 1.807) is 38.9 Å². The quantitative estimate of drug-likeness (QED) is 0.123. The van der Waals surface area contributed by atoms with E-state index in [2.05, 4.69) is 26.0 Å². The van der Waals surface area contributed by atoms with Gasteiger partial charge in [0.05, 0.1) is 20.9 Å². The summed E-state index contributed by atoms with van der Waals surface area (Å²) in [6.45, 7) is 4.49. The molecule has 0 radical (unpaired) electrons. The Kier molecular flexibility index (Phi) is 11.0. The van der Waals surface area contributed by atoms with Crippen molar-refractivity contribution in [1.82, 2.24) is 4.90 Å². The van der Waals surface area contributed by atoms with Gasteiger partial charge < -0.3 is 0 Å². The van der Waals surface area contributed by atoms with E-state index >= 15 is 0 Å². The molecule has 0 N–H and O–H groups in total. The highest BCUT2D eigenvalue weighted by Gasteiger charge is 2.45. The Morgan fingerprint density at radius 1 is 0.649 bits per heavy atom. The van der Waals surface area contributed by atoms with Gasteiger partial charge in [-0.05, 0) is 35.7 Å². The van der Waals surface area contributed by atoms with E-state index in [4.69, 9.17) is 0 Å². The third-order valence-corrected chi connectivity index (χ3v) is 10.7. The van der Waals surface area contributed by atoms with Gasteiger partial charge in [-0.2, -0.15) is 0 Å². The number of amides is 2. The van der Waals surface area contributed by atoms with Crippen LogP contribution < -0.4 is 0 Å². The van der Waals surface area contributed by atoms with E-state index in [-0.39, 0.29) is 17.9 Å². The fourth-order valence-electron chi connectivity index (χ4n) is 5.39. The number of fused-ring (bicyclic) bond motifs is 1. The van der Waals surface area contributed by atoms with Crippen molar-refractivity contribution in [2.24, 2.45) is 0 Å². The third kappa shape index (κ3) is 6.82. The predicted molar refractivity (Wildman–Crippen MR) is 161 cm³/mol. The predicted octanol–water partition coefficient (Wildman–Crippen LogP) is 10.7. The molecule has 0 bridgehead atoms. The maximum atomic E-state index is 14.0. The molecule has 2 amide bonds. The minimum atomic E-state index is -0.0653. The van der Waals surface area contributed by atoms with Gasteiger partial charge in [-0.1, -0.05) is 103 Å². The summed E-state index contributed by atoms with van der Waals surface area (Å²) < 4.78 is 0. The number of thiophene rings is 3. The van der Waals surface area contributed by atoms with Gasteiger partial charge in [-0.25, -0.2) is 0 Å². The maximum Gasteiger partial charge on any atom is 0.263 e. The molecule has 3 aromatic rings. The summed E-state index contributed by atoms with van der Waals surface area (Å²) in [6, 6.07) is 8.19. The molecular formula is C31H41NO2S3. The molecule has 37 heavy (non-hydrogen) atoms. The molecule has 0 spiro atoms. The molecule has 1 aliphatic heterocycles. The summed E-state index contributed by atoms with van der Waals surface area (Å²) in [5, 5.41) is 4.09. The molecule has 200 valence electrons. The van der Waals surface area contributed by atoms with Crippen LogP contribution in [-0.4, -0.2) is 22.8 Å². The zero-order chi connectivity index (χ0) is 26.0. The van der Waals surface area contributed by atoms with Gasteiger partial charge >= 0.3 is 0 Å². The number of carbonyl (C=O) groups is 2. The summed E-state index contributed by atoms with van der Waals surface area (Å²) in [4.78, 5) is 33.8. The Hall–Kier alpha value is -1.76. The lowest BCUT2D eigenvalue weighted by Crippen LogP contribution is -2.40. The first kappa shape index (κ1) is 28.3. The minimum Gasteiger partial charge on any atom is -0.271 e. The van der Waals surface area contributed by atoms with Crippen LogP contribution in [0, 0.1) is 0 Å². The van der Waals surface area contributed by atoms with Crippen LogP contribution in [0.2, 0.25) is 0 Å². The molecule has 4 rings (SSSR count). The molecule has 0 aliphatic carbocycles. The zero-order valence-electron chi connectivity index (χ0n) is 22.4. The molecule has 0 fully saturated rings. The number of unbranched alkanes of at least 4 members (excludes halogenated alkanes) is 10. The Labute approximate surface area is 234 Å². The topological polar surface area (TPSA) is 37.4 Å². The van der Waals surface area contributed by atoms with Crippen LogP contribution in [0.5, 0.6) is 0 Å². The highest BCUT2D eigenvalue weighted by Crippen LogP contribution is 2.49. The van der Waals surface area contributed by atoms with Crippen LogP contribution >= 0.6 is 34.0 Å². The fraction of sp³-hybridized carbons (Fsp3) is 0.548. The largest absolute Gasteiger partial charge is 0.271 e. The van der Waals surface area contributed by atoms with Crippen LogP contribution in [-0.2, 0) is 0 Å². The summed E-state index contributed by atoms with van der Waals surface area (Å²) in [5.41, 5.74) is 1.30. The van der Waals surface area contributed by atoms with Crippen molar-refractivity contribution >= 4 is 45.8 Å². The number of hydrogen-bond acceptors (Lipinski definition) is 5. The van der Waals surface area contributed by atoms with Crippen molar-refractivity contribution in [3.8, 4) is 19.5 Å². The summed E-state index contributed by atoms with van der Waals surface area (Å²) in [5.74, 6) is -0.131. The first-order chi connectivity index (χ1) is 18.2. The molecule has 0 unspecified atom stereocenters. The molecule has 0 aromatic carbocycles. The van der Waals surface area contributed by atoms with Crippen molar-refractivity contribution < 1.29 is 9.59 Å². The van der Waals surface area contributed by atoms with E-state index in [9.17, 15) is 9.59 Å². The van der Waals surface area contributed by atoms with Crippen LogP contribution in [0.3, 0.4) is 0 Å². The monoisotopic (exact) mass is 555 g/mol. The van der Waals surface area contributed by atoms with Gasteiger partial charge in [0, 0.05) is 15.8 Å². The standard InChI is InChI=1S/C31H41NO2S3/c1-3-5-7-9-11-13-17-23(18-14-12-10-8-6-4-2)32-30(33)26-27(31(32)34)29(25-20-16-22-36-25)37-28(26)24-19-15-21-35-24/h15-16,19-23H,3-14,17-18H2,1-2H3. The second-order valence-electron chi connectivity index (χ2n) is 10.2. The van der Waals surface area contributed by atoms with E-state index in [1.807, 2.05) is 22.9 Å². The lowest BCUT2D eigenvalue weighted by atomic mass is 9.98. The number of nitrogens with zero attached hydrogens (tertiary/aromatic N) is 1. The SMILES string of the molecule is CCCCCCCCC(CCCCCCCC)N1C(=O)c2c(-c3cccs3)sc(-c3cccs3)c2C1=O. The number of rotatable bonds is 17. The first-order valence-corrected chi connectivity index (χ1v) is 16.9. The molecule has 0 saturated carbocycles. The van der Waals surface area contributed by atoms with Crippen LogP contribution in [0.25, 0.3) is 19.5 Å². The van der Waals surface area contributed by atoms with E-state index < -0.39 is 0 Å². The van der Waals surface area contributed by atoms with Crippen molar-refractivity contribution in [1.29, 1.82) is 0 Å². The van der Waals surface area contributed by atoms with Gasteiger partial charge in [0.2, 0.25) is 0 Å². The van der Waals surface area contributed by atoms with E-state index in [0.29, 0.717) is 11.1 Å². The van der Waals surface area contributed by atoms with Gasteiger partial charge in [0.15, 0.2) is 0 Å². The second kappa shape index (κ2) is 14.4. The van der Waals surface area contributed by atoms with Gasteiger partial charge in [-0.3, -0.25) is 14.5 Å². The van der Waals surface area contributed by atoms with Gasteiger partial charge in [-0.15, -0.1) is 34.0 Å². The number of hydrogen-bond donors (Lipinski definition) is 0. The van der Waals surface area contributed by atoms with Crippen LogP contribution in [0.4, 0.5) is 0 Å². The van der Waals surface area contributed by atoms with Crippen molar-refractivity contribution in [3.63, 3.8) is 0 Å². The summed E-state index contributed by atoms with van der Waals surface area (Å²) >= 11 is 4.90. The molecule has 0 atom stereocenters. The smallest absolute Gasteiger partial charge is 0.263 e. The van der Waals surface area contributed by atoms with Crippen molar-refractivity contribution in [3.05, 3.63) is 46.2 Å². The summed E-state index contributed by atoms with van der Waals surface area (Å²) in [6.07, 6.45) is 16.5. The normalized spacial score (nSPS) is 13.3. The third-order valence-electron chi connectivity index (χ3n) is 7.41. The molecule has 3 aromatic heterocycles. The molecule has 0 saturated heterocycles. The van der Waals surface area contributed by atoms with E-state index in [1.165, 1.54) is 64.2 Å². The van der Waals surface area contributed by atoms with E-state index in [0.717, 1.165) is 45.2 Å². The maximum absolute atomic E-state index is 14.0. The number of carbonyl (C=O) groups excluding carboxylic acids is 2. The Morgan fingerprint density at radius 2 is 1.08 bits per heavy atom. The average Bonchev–Trinajstić information content (AvgIpc) is 3.69. The highest BCUT2D eigenvalue weighted by molar-refractivity contribution is 7.26. The minimum absolute atomic E-state index is 0.00196. The van der Waals surface area contributed by atoms with Gasteiger partial charge in [0.1, 0.15) is 0 Å². The van der Waals surface area contributed by atoms with Crippen LogP contribution in [0.1, 0.15) is 124 Å². The molecule has 4 heterocycles. The number of imide groups is 1. The highest BCUT2D eigenvalue weighted by atomic mass is 32.1. The lowest BCUT2D eigenvalue weighted by molar-refractivity contribution is 0.0563. The zero-order valence-corrected chi connectivity index (χ0v) is 24.9. The molecule has 1 aliphatic rings. The average molecular weight is 556 g/mol. The Morgan fingerprint density at radius 3 is 1.49 bits per heavy atom. The fourth-order valence-corrected chi connectivity index (χ4v) is 8.39. The molecule has 3 nitrogen and oxygen atoms in total. The molecule has 6 heteroatoms. The van der Waals surface area contributed by atoms with Crippen molar-refractivity contribution in [2.45, 2.75) is 110 Å². The second-order valence-corrected chi connectivity index (χ2v) is 13.1. The van der Waals surface area contributed by atoms with Gasteiger partial charge in [0.25, 0.3) is 11.8 Å². The summed E-state index contributed by atoms with van der Waals surface area (Å²) in [7, 11) is 0.